The summed E-state index contributed by atoms with van der Waals surface area (Å²) in [4.78, 5) is 16.9. The van der Waals surface area contributed by atoms with Gasteiger partial charge in [-0.1, -0.05) is 12.1 Å². The second-order valence-corrected chi connectivity index (χ2v) is 8.52. The van der Waals surface area contributed by atoms with Crippen molar-refractivity contribution in [1.82, 2.24) is 20.2 Å². The lowest BCUT2D eigenvalue weighted by Gasteiger charge is -2.34. The van der Waals surface area contributed by atoms with Gasteiger partial charge in [0.2, 0.25) is 5.91 Å². The summed E-state index contributed by atoms with van der Waals surface area (Å²) in [7, 11) is -3.48. The number of piperidine rings is 1. The molecular weight excluding hydrogens is 399 g/mol. The average molecular weight is 423 g/mol. The Morgan fingerprint density at radius 2 is 1.92 bits per heavy atom. The molecule has 1 saturated heterocycles. The van der Waals surface area contributed by atoms with Gasteiger partial charge in [-0.15, -0.1) is 24.8 Å². The van der Waals surface area contributed by atoms with Gasteiger partial charge in [-0.05, 0) is 38.1 Å². The Morgan fingerprint density at radius 1 is 1.27 bits per heavy atom. The number of sulfone groups is 1. The quantitative estimate of drug-likeness (QED) is 0.753. The lowest BCUT2D eigenvalue weighted by atomic mass is 9.96. The molecule has 1 amide bonds. The molecule has 0 radical (unpaired) electrons. The average Bonchev–Trinajstić information content (AvgIpc) is 2.98. The summed E-state index contributed by atoms with van der Waals surface area (Å²) < 4.78 is 25.1. The van der Waals surface area contributed by atoms with Crippen LogP contribution >= 0.6 is 24.8 Å². The third kappa shape index (κ3) is 4.31. The van der Waals surface area contributed by atoms with Crippen LogP contribution in [0, 0.1) is 0 Å². The molecular formula is C16H24Cl2N4O3S. The number of imidazole rings is 1. The molecule has 146 valence electrons. The van der Waals surface area contributed by atoms with Crippen LogP contribution in [0.1, 0.15) is 12.8 Å². The minimum atomic E-state index is -3.48. The van der Waals surface area contributed by atoms with Crippen LogP contribution in [0.3, 0.4) is 0 Å². The van der Waals surface area contributed by atoms with E-state index in [4.69, 9.17) is 0 Å². The Labute approximate surface area is 165 Å². The smallest absolute Gasteiger partial charge is 0.241 e. The van der Waals surface area contributed by atoms with Crippen molar-refractivity contribution in [1.29, 1.82) is 0 Å². The number of halogens is 2. The van der Waals surface area contributed by atoms with Crippen molar-refractivity contribution < 1.29 is 13.2 Å². The number of carbonyl (C=O) groups excluding carboxylic acids is 1. The molecule has 0 aliphatic carbocycles. The number of fused-ring (bicyclic) bond motifs is 1. The van der Waals surface area contributed by atoms with E-state index in [-0.39, 0.29) is 24.8 Å². The predicted octanol–water partition coefficient (Wildman–Crippen LogP) is 1.16. The number of nitrogens with zero attached hydrogens (tertiary/aromatic N) is 2. The van der Waals surface area contributed by atoms with Gasteiger partial charge in [0.1, 0.15) is 0 Å². The minimum absolute atomic E-state index is 0. The normalized spacial score (nSPS) is 16.3. The summed E-state index contributed by atoms with van der Waals surface area (Å²) in [5.41, 5.74) is 1.89. The fourth-order valence-electron chi connectivity index (χ4n) is 3.24. The molecule has 2 heterocycles. The summed E-state index contributed by atoms with van der Waals surface area (Å²) in [6, 6.07) is 7.76. The first-order valence-corrected chi connectivity index (χ1v) is 9.92. The van der Waals surface area contributed by atoms with E-state index in [2.05, 4.69) is 15.6 Å². The molecule has 1 aliphatic rings. The molecule has 1 aromatic carbocycles. The van der Waals surface area contributed by atoms with Gasteiger partial charge in [-0.3, -0.25) is 4.79 Å². The topological polar surface area (TPSA) is 93.1 Å². The second kappa shape index (κ2) is 9.03. The van der Waals surface area contributed by atoms with Crippen molar-refractivity contribution in [3.05, 3.63) is 30.6 Å². The molecule has 1 fully saturated rings. The van der Waals surface area contributed by atoms with E-state index >= 15 is 0 Å². The molecule has 0 bridgehead atoms. The first-order valence-electron chi connectivity index (χ1n) is 8.02. The highest BCUT2D eigenvalue weighted by atomic mass is 35.5. The minimum Gasteiger partial charge on any atom is -0.353 e. The molecule has 0 unspecified atom stereocenters. The van der Waals surface area contributed by atoms with Crippen molar-refractivity contribution in [2.45, 2.75) is 24.1 Å². The number of amides is 1. The molecule has 26 heavy (non-hydrogen) atoms. The van der Waals surface area contributed by atoms with Crippen LogP contribution in [0.2, 0.25) is 0 Å². The summed E-state index contributed by atoms with van der Waals surface area (Å²) in [6.45, 7) is 1.98. The number of hydrogen-bond donors (Lipinski definition) is 2. The molecule has 3 rings (SSSR count). The molecule has 2 aromatic rings. The number of benzene rings is 1. The van der Waals surface area contributed by atoms with E-state index in [0.29, 0.717) is 39.0 Å². The van der Waals surface area contributed by atoms with E-state index in [1.54, 1.807) is 6.33 Å². The second-order valence-electron chi connectivity index (χ2n) is 6.20. The summed E-state index contributed by atoms with van der Waals surface area (Å²) in [6.07, 6.45) is 3.51. The van der Waals surface area contributed by atoms with E-state index in [1.807, 2.05) is 28.8 Å². The number of rotatable bonds is 5. The lowest BCUT2D eigenvalue weighted by molar-refractivity contribution is -0.124. The van der Waals surface area contributed by atoms with Gasteiger partial charge in [-0.2, -0.15) is 0 Å². The van der Waals surface area contributed by atoms with Crippen LogP contribution in [-0.4, -0.2) is 54.5 Å². The van der Waals surface area contributed by atoms with Crippen LogP contribution in [0.5, 0.6) is 0 Å². The third-order valence-electron chi connectivity index (χ3n) is 4.70. The van der Waals surface area contributed by atoms with Gasteiger partial charge < -0.3 is 15.2 Å². The molecule has 0 saturated carbocycles. The molecule has 7 nitrogen and oxygen atoms in total. The SMILES string of the molecule is CS(=O)(=O)C1(C(=O)NCCn2cnc3ccccc32)CCNCC1.Cl.Cl. The molecule has 0 spiro atoms. The number of hydrogen-bond acceptors (Lipinski definition) is 5. The number of nitrogens with one attached hydrogen (secondary N) is 2. The summed E-state index contributed by atoms with van der Waals surface area (Å²) in [5.74, 6) is -0.393. The highest BCUT2D eigenvalue weighted by molar-refractivity contribution is 7.92. The first-order chi connectivity index (χ1) is 11.4. The van der Waals surface area contributed by atoms with Crippen molar-refractivity contribution >= 4 is 51.6 Å². The van der Waals surface area contributed by atoms with E-state index in [1.165, 1.54) is 0 Å². The van der Waals surface area contributed by atoms with Crippen LogP contribution in [0.25, 0.3) is 11.0 Å². The lowest BCUT2D eigenvalue weighted by Crippen LogP contribution is -2.57. The molecule has 1 aromatic heterocycles. The van der Waals surface area contributed by atoms with Gasteiger partial charge in [0.05, 0.1) is 17.4 Å². The molecule has 1 aliphatic heterocycles. The third-order valence-corrected chi connectivity index (χ3v) is 6.71. The maximum Gasteiger partial charge on any atom is 0.241 e. The van der Waals surface area contributed by atoms with Crippen molar-refractivity contribution in [2.24, 2.45) is 0 Å². The zero-order chi connectivity index (χ0) is 17.2. The maximum atomic E-state index is 12.6. The fourth-order valence-corrected chi connectivity index (χ4v) is 4.59. The Morgan fingerprint density at radius 3 is 2.58 bits per heavy atom. The number of carbonyl (C=O) groups is 1. The first kappa shape index (κ1) is 22.7. The standard InChI is InChI=1S/C16H22N4O3S.2ClH/c1-24(22,23)16(6-8-17-9-7-16)15(21)18-10-11-20-12-19-13-4-2-3-5-14(13)20;;/h2-5,12,17H,6-11H2,1H3,(H,18,21);2*1H. The predicted molar refractivity (Wildman–Crippen MR) is 107 cm³/mol. The van der Waals surface area contributed by atoms with Crippen LogP contribution < -0.4 is 10.6 Å². The van der Waals surface area contributed by atoms with Gasteiger partial charge >= 0.3 is 0 Å². The van der Waals surface area contributed by atoms with E-state index in [9.17, 15) is 13.2 Å². The van der Waals surface area contributed by atoms with Gasteiger partial charge in [-0.25, -0.2) is 13.4 Å². The maximum absolute atomic E-state index is 12.6. The van der Waals surface area contributed by atoms with Gasteiger partial charge in [0, 0.05) is 19.3 Å². The fraction of sp³-hybridized carbons (Fsp3) is 0.500. The van der Waals surface area contributed by atoms with E-state index in [0.717, 1.165) is 17.3 Å². The highest BCUT2D eigenvalue weighted by Crippen LogP contribution is 2.27. The number of aromatic nitrogens is 2. The largest absolute Gasteiger partial charge is 0.353 e. The molecule has 2 N–H and O–H groups in total. The summed E-state index contributed by atoms with van der Waals surface area (Å²) in [5, 5.41) is 5.92. The van der Waals surface area contributed by atoms with E-state index < -0.39 is 20.5 Å². The van der Waals surface area contributed by atoms with Crippen molar-refractivity contribution in [2.75, 3.05) is 25.9 Å². The highest BCUT2D eigenvalue weighted by Gasteiger charge is 2.48. The van der Waals surface area contributed by atoms with Crippen LogP contribution in [0.4, 0.5) is 0 Å². The van der Waals surface area contributed by atoms with Gasteiger partial charge in [0.15, 0.2) is 14.6 Å². The van der Waals surface area contributed by atoms with Crippen molar-refractivity contribution in [3.63, 3.8) is 0 Å². The zero-order valence-electron chi connectivity index (χ0n) is 14.5. The Hall–Kier alpha value is -1.35. The monoisotopic (exact) mass is 422 g/mol. The van der Waals surface area contributed by atoms with Crippen molar-refractivity contribution in [3.8, 4) is 0 Å². The number of para-hydroxylation sites is 2. The van der Waals surface area contributed by atoms with Crippen LogP contribution in [-0.2, 0) is 21.2 Å². The Bertz CT molecular complexity index is 848. The van der Waals surface area contributed by atoms with Crippen LogP contribution in [0.15, 0.2) is 30.6 Å². The molecule has 0 atom stereocenters. The van der Waals surface area contributed by atoms with Gasteiger partial charge in [0.25, 0.3) is 0 Å². The zero-order valence-corrected chi connectivity index (χ0v) is 16.9. The Balaban J connectivity index is 0.00000169. The summed E-state index contributed by atoms with van der Waals surface area (Å²) >= 11 is 0. The Kier molecular flexibility index (Phi) is 7.88. The molecule has 10 heteroatoms.